The molecule has 1 aromatic heterocycles. The number of benzene rings is 1. The van der Waals surface area contributed by atoms with Crippen LogP contribution in [-0.4, -0.2) is 53.9 Å². The monoisotopic (exact) mass is 307 g/mol. The van der Waals surface area contributed by atoms with Crippen LogP contribution < -0.4 is 0 Å². The molecule has 0 saturated carbocycles. The summed E-state index contributed by atoms with van der Waals surface area (Å²) in [6, 6.07) is 12.0. The Morgan fingerprint density at radius 3 is 2.43 bits per heavy atom. The van der Waals surface area contributed by atoms with Crippen molar-refractivity contribution in [2.45, 2.75) is 6.92 Å². The van der Waals surface area contributed by atoms with Gasteiger partial charge in [0.1, 0.15) is 0 Å². The van der Waals surface area contributed by atoms with Crippen molar-refractivity contribution < 1.29 is 4.79 Å². The zero-order chi connectivity index (χ0) is 16.0. The van der Waals surface area contributed by atoms with Gasteiger partial charge in [-0.25, -0.2) is 0 Å². The van der Waals surface area contributed by atoms with Crippen molar-refractivity contribution in [3.05, 3.63) is 53.9 Å². The quantitative estimate of drug-likeness (QED) is 0.855. The van der Waals surface area contributed by atoms with Gasteiger partial charge in [0.15, 0.2) is 0 Å². The molecule has 1 aromatic carbocycles. The molecule has 1 amide bonds. The van der Waals surface area contributed by atoms with Gasteiger partial charge in [-0.3, -0.25) is 9.78 Å². The summed E-state index contributed by atoms with van der Waals surface area (Å²) in [4.78, 5) is 21.7. The molecule has 118 valence electrons. The third kappa shape index (κ3) is 2.34. The molecule has 3 heterocycles. The first-order valence-electron chi connectivity index (χ1n) is 8.07. The van der Waals surface area contributed by atoms with E-state index in [1.807, 2.05) is 48.2 Å². The fourth-order valence-electron chi connectivity index (χ4n) is 4.06. The summed E-state index contributed by atoms with van der Waals surface area (Å²) >= 11 is 0. The number of carbonyl (C=O) groups is 1. The molecule has 4 heteroatoms. The van der Waals surface area contributed by atoms with Crippen molar-refractivity contribution in [3.8, 4) is 11.1 Å². The minimum atomic E-state index is 0.120. The molecule has 0 atom stereocenters. The summed E-state index contributed by atoms with van der Waals surface area (Å²) in [6.45, 7) is 5.88. The second kappa shape index (κ2) is 5.17. The van der Waals surface area contributed by atoms with Gasteiger partial charge in [-0.2, -0.15) is 0 Å². The highest BCUT2D eigenvalue weighted by Crippen LogP contribution is 2.40. The number of hydrogen-bond donors (Lipinski definition) is 0. The van der Waals surface area contributed by atoms with E-state index in [1.54, 1.807) is 6.20 Å². The molecular weight excluding hydrogens is 286 g/mol. The Kier molecular flexibility index (Phi) is 3.23. The maximum atomic E-state index is 13.0. The minimum Gasteiger partial charge on any atom is -0.337 e. The maximum absolute atomic E-state index is 13.0. The van der Waals surface area contributed by atoms with E-state index < -0.39 is 0 Å². The average Bonchev–Trinajstić information content (AvgIpc) is 2.49. The Labute approximate surface area is 136 Å². The van der Waals surface area contributed by atoms with Gasteiger partial charge in [0, 0.05) is 37.8 Å². The molecular formula is C19H21N3O. The standard InChI is InChI=1S/C19H21N3O/c1-14-17(16(8-9-20-14)15-6-4-3-5-7-15)18(23)22-12-19(13-22)10-21(2)11-19/h3-9H,10-13H2,1-2H3. The number of pyridine rings is 1. The lowest BCUT2D eigenvalue weighted by Gasteiger charge is -2.59. The van der Waals surface area contributed by atoms with Crippen molar-refractivity contribution in [1.82, 2.24) is 14.8 Å². The van der Waals surface area contributed by atoms with Gasteiger partial charge >= 0.3 is 0 Å². The first-order valence-corrected chi connectivity index (χ1v) is 8.07. The van der Waals surface area contributed by atoms with Crippen molar-refractivity contribution >= 4 is 5.91 Å². The average molecular weight is 307 g/mol. The second-order valence-electron chi connectivity index (χ2n) is 7.02. The zero-order valence-electron chi connectivity index (χ0n) is 13.6. The number of nitrogens with zero attached hydrogens (tertiary/aromatic N) is 3. The summed E-state index contributed by atoms with van der Waals surface area (Å²) in [5.41, 5.74) is 3.96. The summed E-state index contributed by atoms with van der Waals surface area (Å²) < 4.78 is 0. The van der Waals surface area contributed by atoms with Crippen molar-refractivity contribution in [1.29, 1.82) is 0 Å². The topological polar surface area (TPSA) is 36.4 Å². The molecule has 4 rings (SSSR count). The highest BCUT2D eigenvalue weighted by atomic mass is 16.2. The van der Waals surface area contributed by atoms with Gasteiger partial charge in [-0.1, -0.05) is 30.3 Å². The van der Waals surface area contributed by atoms with Crippen LogP contribution in [0.15, 0.2) is 42.6 Å². The molecule has 0 unspecified atom stereocenters. The molecule has 2 aliphatic rings. The van der Waals surface area contributed by atoms with E-state index in [2.05, 4.69) is 16.9 Å². The van der Waals surface area contributed by atoms with Crippen LogP contribution in [0.1, 0.15) is 16.1 Å². The van der Waals surface area contributed by atoms with Crippen LogP contribution in [0.5, 0.6) is 0 Å². The van der Waals surface area contributed by atoms with E-state index in [0.717, 1.165) is 48.6 Å². The van der Waals surface area contributed by atoms with Crippen LogP contribution in [0.3, 0.4) is 0 Å². The lowest BCUT2D eigenvalue weighted by atomic mass is 9.73. The third-order valence-electron chi connectivity index (χ3n) is 4.99. The van der Waals surface area contributed by atoms with Gasteiger partial charge in [-0.15, -0.1) is 0 Å². The van der Waals surface area contributed by atoms with E-state index >= 15 is 0 Å². The predicted octanol–water partition coefficient (Wildman–Crippen LogP) is 2.44. The predicted molar refractivity (Wildman–Crippen MR) is 90.2 cm³/mol. The SMILES string of the molecule is Cc1nccc(-c2ccccc2)c1C(=O)N1CC2(CN(C)C2)C1. The van der Waals surface area contributed by atoms with Crippen LogP contribution in [0.2, 0.25) is 0 Å². The van der Waals surface area contributed by atoms with E-state index in [0.29, 0.717) is 5.41 Å². The van der Waals surface area contributed by atoms with Crippen LogP contribution >= 0.6 is 0 Å². The fraction of sp³-hybridized carbons (Fsp3) is 0.368. The van der Waals surface area contributed by atoms with Gasteiger partial charge < -0.3 is 9.80 Å². The number of likely N-dealkylation sites (tertiary alicyclic amines) is 2. The highest BCUT2D eigenvalue weighted by Gasteiger charge is 2.52. The lowest BCUT2D eigenvalue weighted by Crippen LogP contribution is -2.72. The van der Waals surface area contributed by atoms with Crippen LogP contribution in [0.25, 0.3) is 11.1 Å². The van der Waals surface area contributed by atoms with Crippen LogP contribution in [-0.2, 0) is 0 Å². The van der Waals surface area contributed by atoms with E-state index in [4.69, 9.17) is 0 Å². The Bertz CT molecular complexity index is 742. The van der Waals surface area contributed by atoms with Crippen molar-refractivity contribution in [3.63, 3.8) is 0 Å². The summed E-state index contributed by atoms with van der Waals surface area (Å²) in [5.74, 6) is 0.120. The first-order chi connectivity index (χ1) is 11.1. The highest BCUT2D eigenvalue weighted by molar-refractivity contribution is 6.02. The number of aromatic nitrogens is 1. The number of rotatable bonds is 2. The van der Waals surface area contributed by atoms with Gasteiger partial charge in [0.2, 0.25) is 0 Å². The molecule has 2 saturated heterocycles. The summed E-state index contributed by atoms with van der Waals surface area (Å²) in [5, 5.41) is 0. The lowest BCUT2D eigenvalue weighted by molar-refractivity contribution is -0.0872. The maximum Gasteiger partial charge on any atom is 0.256 e. The largest absolute Gasteiger partial charge is 0.337 e. The molecule has 0 bridgehead atoms. The second-order valence-corrected chi connectivity index (χ2v) is 7.02. The van der Waals surface area contributed by atoms with Gasteiger partial charge in [0.25, 0.3) is 5.91 Å². The van der Waals surface area contributed by atoms with Crippen LogP contribution in [0, 0.1) is 12.3 Å². The molecule has 0 radical (unpaired) electrons. The Hall–Kier alpha value is -2.20. The molecule has 2 aromatic rings. The number of aryl methyl sites for hydroxylation is 1. The van der Waals surface area contributed by atoms with Crippen LogP contribution in [0.4, 0.5) is 0 Å². The molecule has 4 nitrogen and oxygen atoms in total. The van der Waals surface area contributed by atoms with E-state index in [9.17, 15) is 4.79 Å². The van der Waals surface area contributed by atoms with Gasteiger partial charge in [-0.05, 0) is 31.2 Å². The number of hydrogen-bond acceptors (Lipinski definition) is 3. The molecule has 0 N–H and O–H groups in total. The molecule has 23 heavy (non-hydrogen) atoms. The Morgan fingerprint density at radius 2 is 1.78 bits per heavy atom. The minimum absolute atomic E-state index is 0.120. The molecule has 2 fully saturated rings. The third-order valence-corrected chi connectivity index (χ3v) is 4.99. The Balaban J connectivity index is 1.63. The number of carbonyl (C=O) groups excluding carboxylic acids is 1. The van der Waals surface area contributed by atoms with Crippen molar-refractivity contribution in [2.24, 2.45) is 5.41 Å². The Morgan fingerprint density at radius 1 is 1.09 bits per heavy atom. The van der Waals surface area contributed by atoms with Gasteiger partial charge in [0.05, 0.1) is 11.3 Å². The smallest absolute Gasteiger partial charge is 0.256 e. The number of amides is 1. The zero-order valence-corrected chi connectivity index (χ0v) is 13.6. The van der Waals surface area contributed by atoms with E-state index in [1.165, 1.54) is 0 Å². The molecule has 1 spiro atoms. The van der Waals surface area contributed by atoms with Crippen molar-refractivity contribution in [2.75, 3.05) is 33.2 Å². The normalized spacial score (nSPS) is 19.3. The van der Waals surface area contributed by atoms with E-state index in [-0.39, 0.29) is 5.91 Å². The summed E-state index contributed by atoms with van der Waals surface area (Å²) in [7, 11) is 2.13. The fourth-order valence-corrected chi connectivity index (χ4v) is 4.06. The first kappa shape index (κ1) is 14.4. The summed E-state index contributed by atoms with van der Waals surface area (Å²) in [6.07, 6.45) is 1.78. The molecule has 0 aliphatic carbocycles. The molecule has 2 aliphatic heterocycles.